The smallest absolute Gasteiger partial charge is 0.340 e. The third-order valence-electron chi connectivity index (χ3n) is 7.42. The van der Waals surface area contributed by atoms with E-state index in [2.05, 4.69) is 33.9 Å². The number of hydrogen-bond acceptors (Lipinski definition) is 5. The number of allylic oxidation sites excluding steroid dienone is 1. The quantitative estimate of drug-likeness (QED) is 0.529. The fourth-order valence-electron chi connectivity index (χ4n) is 5.33. The Labute approximate surface area is 214 Å². The fraction of sp³-hybridized carbons (Fsp3) is 0.345. The first-order valence-corrected chi connectivity index (χ1v) is 12.7. The summed E-state index contributed by atoms with van der Waals surface area (Å²) in [7, 11) is 0. The van der Waals surface area contributed by atoms with Crippen LogP contribution in [0, 0.1) is 0 Å². The van der Waals surface area contributed by atoms with Gasteiger partial charge in [0.15, 0.2) is 0 Å². The number of anilines is 1. The van der Waals surface area contributed by atoms with E-state index in [1.807, 2.05) is 36.4 Å². The highest BCUT2D eigenvalue weighted by Gasteiger charge is 2.42. The van der Waals surface area contributed by atoms with Gasteiger partial charge in [0.2, 0.25) is 0 Å². The number of benzene rings is 2. The van der Waals surface area contributed by atoms with E-state index < -0.39 is 11.7 Å². The number of hydroxylamine groups is 2. The summed E-state index contributed by atoms with van der Waals surface area (Å²) in [5.74, 6) is 0.280. The van der Waals surface area contributed by atoms with Crippen molar-refractivity contribution in [3.8, 4) is 0 Å². The van der Waals surface area contributed by atoms with Crippen LogP contribution >= 0.6 is 0 Å². The summed E-state index contributed by atoms with van der Waals surface area (Å²) in [4.78, 5) is 12.5. The van der Waals surface area contributed by atoms with Crippen molar-refractivity contribution in [1.82, 2.24) is 9.96 Å². The Morgan fingerprint density at radius 3 is 2.59 bits per heavy atom. The third-order valence-corrected chi connectivity index (χ3v) is 7.42. The molecule has 6 rings (SSSR count). The second-order valence-electron chi connectivity index (χ2n) is 10.0. The molecule has 1 aliphatic carbocycles. The number of fused-ring (bicyclic) bond motifs is 1. The molecule has 2 fully saturated rings. The van der Waals surface area contributed by atoms with Crippen molar-refractivity contribution in [3.05, 3.63) is 101 Å². The molecule has 4 aliphatic rings. The van der Waals surface area contributed by atoms with Crippen LogP contribution < -0.4 is 5.32 Å². The fourth-order valence-corrected chi connectivity index (χ4v) is 5.33. The number of nitrogens with zero attached hydrogens (tertiary/aromatic N) is 3. The molecule has 0 radical (unpaired) electrons. The summed E-state index contributed by atoms with van der Waals surface area (Å²) in [5.41, 5.74) is 3.66. The molecule has 1 saturated heterocycles. The molecular formula is C29H29F3N4O. The molecule has 1 atom stereocenters. The van der Waals surface area contributed by atoms with Crippen LogP contribution in [-0.4, -0.2) is 41.2 Å². The van der Waals surface area contributed by atoms with Crippen molar-refractivity contribution in [2.75, 3.05) is 18.5 Å². The summed E-state index contributed by atoms with van der Waals surface area (Å²) in [6, 6.07) is 16.0. The van der Waals surface area contributed by atoms with Crippen molar-refractivity contribution >= 4 is 11.5 Å². The third kappa shape index (κ3) is 4.95. The number of amidine groups is 1. The number of rotatable bonds is 4. The van der Waals surface area contributed by atoms with E-state index in [1.165, 1.54) is 35.1 Å². The van der Waals surface area contributed by atoms with E-state index >= 15 is 0 Å². The molecule has 2 aromatic carbocycles. The average molecular weight is 507 g/mol. The predicted octanol–water partition coefficient (Wildman–Crippen LogP) is 6.30. The van der Waals surface area contributed by atoms with Gasteiger partial charge in [-0.15, -0.1) is 0 Å². The predicted molar refractivity (Wildman–Crippen MR) is 138 cm³/mol. The zero-order chi connectivity index (χ0) is 25.6. The molecule has 1 N–H and O–H groups in total. The monoisotopic (exact) mass is 506 g/mol. The molecule has 0 unspecified atom stereocenters. The Balaban J connectivity index is 1.27. The summed E-state index contributed by atoms with van der Waals surface area (Å²) in [6.45, 7) is 6.37. The normalized spacial score (nSPS) is 22.7. The topological polar surface area (TPSA) is 40.1 Å². The maximum Gasteiger partial charge on any atom is 0.419 e. The molecule has 0 amide bonds. The van der Waals surface area contributed by atoms with Crippen molar-refractivity contribution in [1.29, 1.82) is 0 Å². The van der Waals surface area contributed by atoms with Crippen LogP contribution in [0.1, 0.15) is 42.0 Å². The van der Waals surface area contributed by atoms with Crippen molar-refractivity contribution in [2.45, 2.75) is 50.5 Å². The molecule has 3 heterocycles. The first kappa shape index (κ1) is 24.0. The Kier molecular flexibility index (Phi) is 6.16. The summed E-state index contributed by atoms with van der Waals surface area (Å²) in [6.07, 6.45) is 1.80. The lowest BCUT2D eigenvalue weighted by Gasteiger charge is -2.29. The molecule has 0 aromatic heterocycles. The number of halogens is 3. The van der Waals surface area contributed by atoms with Gasteiger partial charge in [-0.05, 0) is 54.2 Å². The maximum atomic E-state index is 14.2. The second kappa shape index (κ2) is 9.50. The van der Waals surface area contributed by atoms with E-state index in [0.29, 0.717) is 18.6 Å². The van der Waals surface area contributed by atoms with Crippen LogP contribution in [-0.2, 0) is 17.8 Å². The number of aliphatic imine (C=N–C) groups is 1. The summed E-state index contributed by atoms with van der Waals surface area (Å²) < 4.78 is 42.6. The van der Waals surface area contributed by atoms with Crippen LogP contribution in [0.15, 0.2) is 89.2 Å². The minimum absolute atomic E-state index is 0.0880. The Morgan fingerprint density at radius 2 is 1.84 bits per heavy atom. The molecule has 5 nitrogen and oxygen atoms in total. The number of nitrogens with one attached hydrogen (secondary N) is 1. The molecule has 192 valence electrons. The maximum absolute atomic E-state index is 14.2. The first-order chi connectivity index (χ1) is 17.9. The van der Waals surface area contributed by atoms with Gasteiger partial charge in [0.05, 0.1) is 23.9 Å². The van der Waals surface area contributed by atoms with Gasteiger partial charge in [0.1, 0.15) is 5.84 Å². The first-order valence-electron chi connectivity index (χ1n) is 12.7. The van der Waals surface area contributed by atoms with Gasteiger partial charge in [-0.25, -0.2) is 10.1 Å². The lowest BCUT2D eigenvalue weighted by Crippen LogP contribution is -2.32. The zero-order valence-corrected chi connectivity index (χ0v) is 20.5. The van der Waals surface area contributed by atoms with Gasteiger partial charge < -0.3 is 5.32 Å². The Bertz CT molecular complexity index is 1290. The largest absolute Gasteiger partial charge is 0.419 e. The number of alkyl halides is 3. The number of hydrogen-bond donors (Lipinski definition) is 1. The summed E-state index contributed by atoms with van der Waals surface area (Å²) >= 11 is 0. The van der Waals surface area contributed by atoms with Crippen molar-refractivity contribution in [3.63, 3.8) is 0 Å². The Morgan fingerprint density at radius 1 is 1.03 bits per heavy atom. The lowest BCUT2D eigenvalue weighted by molar-refractivity contribution is -0.124. The van der Waals surface area contributed by atoms with E-state index in [4.69, 9.17) is 4.84 Å². The molecule has 1 saturated carbocycles. The van der Waals surface area contributed by atoms with Gasteiger partial charge in [0.25, 0.3) is 0 Å². The van der Waals surface area contributed by atoms with Gasteiger partial charge >= 0.3 is 6.18 Å². The molecule has 3 aliphatic heterocycles. The van der Waals surface area contributed by atoms with Gasteiger partial charge in [-0.2, -0.15) is 13.2 Å². The van der Waals surface area contributed by atoms with E-state index in [9.17, 15) is 13.2 Å². The molecular weight excluding hydrogens is 477 g/mol. The van der Waals surface area contributed by atoms with Crippen LogP contribution in [0.4, 0.5) is 18.9 Å². The highest BCUT2D eigenvalue weighted by atomic mass is 19.4. The SMILES string of the molecule is C=C1C=C(N2OCC[C@H]2c2ccccc2)C(C(F)(F)F)=CN=C1Nc1ccc2c(c1)CCN(C1CC1)C2. The molecule has 37 heavy (non-hydrogen) atoms. The minimum Gasteiger partial charge on any atom is -0.340 e. The van der Waals surface area contributed by atoms with Gasteiger partial charge in [0, 0.05) is 43.0 Å². The second-order valence-corrected chi connectivity index (χ2v) is 10.0. The minimum atomic E-state index is -4.61. The van der Waals surface area contributed by atoms with Gasteiger partial charge in [-0.3, -0.25) is 9.74 Å². The van der Waals surface area contributed by atoms with Gasteiger partial charge in [-0.1, -0.05) is 43.0 Å². The van der Waals surface area contributed by atoms with Crippen LogP contribution in [0.25, 0.3) is 0 Å². The standard InChI is InChI=1S/C29H29F3N4O/c1-19-15-27(36-26(12-14-37-36)20-5-3-2-4-6-20)25(29(30,31)32)17-33-28(19)34-23-8-7-22-18-35(24-9-10-24)13-11-21(22)16-23/h2-8,15-17,24,26H,1,9-14,18H2,(H,33,34)/t26-/m0/s1. The van der Waals surface area contributed by atoms with Crippen LogP contribution in [0.3, 0.4) is 0 Å². The average Bonchev–Trinajstić information content (AvgIpc) is 3.65. The summed E-state index contributed by atoms with van der Waals surface area (Å²) in [5, 5.41) is 4.58. The molecule has 8 heteroatoms. The Hall–Kier alpha value is -3.36. The zero-order valence-electron chi connectivity index (χ0n) is 20.5. The molecule has 0 bridgehead atoms. The molecule has 0 spiro atoms. The van der Waals surface area contributed by atoms with Crippen molar-refractivity contribution in [2.24, 2.45) is 4.99 Å². The van der Waals surface area contributed by atoms with Crippen LogP contribution in [0.2, 0.25) is 0 Å². The lowest BCUT2D eigenvalue weighted by atomic mass is 9.98. The van der Waals surface area contributed by atoms with E-state index in [0.717, 1.165) is 43.0 Å². The van der Waals surface area contributed by atoms with Crippen molar-refractivity contribution < 1.29 is 18.0 Å². The highest BCUT2D eigenvalue weighted by molar-refractivity contribution is 6.10. The van der Waals surface area contributed by atoms with E-state index in [1.54, 1.807) is 0 Å². The van der Waals surface area contributed by atoms with E-state index in [-0.39, 0.29) is 17.6 Å². The van der Waals surface area contributed by atoms with Crippen LogP contribution in [0.5, 0.6) is 0 Å². The highest BCUT2D eigenvalue weighted by Crippen LogP contribution is 2.42. The molecule has 2 aromatic rings.